The molecular weight excluding hydrogens is 390 g/mol. The average Bonchev–Trinajstić information content (AvgIpc) is 3.49. The molecule has 2 aliphatic heterocycles. The van der Waals surface area contributed by atoms with Crippen LogP contribution in [0.4, 0.5) is 11.6 Å². The van der Waals surface area contributed by atoms with Crippen LogP contribution in [-0.2, 0) is 11.3 Å². The van der Waals surface area contributed by atoms with Gasteiger partial charge in [0, 0.05) is 37.5 Å². The predicted octanol–water partition coefficient (Wildman–Crippen LogP) is 2.53. The molecule has 10 heteroatoms. The molecule has 0 unspecified atom stereocenters. The summed E-state index contributed by atoms with van der Waals surface area (Å²) < 4.78 is 4.82. The van der Waals surface area contributed by atoms with Gasteiger partial charge in [0.25, 0.3) is 0 Å². The normalized spacial score (nSPS) is 20.0. The summed E-state index contributed by atoms with van der Waals surface area (Å²) in [5.41, 5.74) is 0.817. The van der Waals surface area contributed by atoms with Crippen molar-refractivity contribution < 1.29 is 9.42 Å². The van der Waals surface area contributed by atoms with Crippen molar-refractivity contribution >= 4 is 40.2 Å². The number of nitrogens with zero attached hydrogens (tertiary/aromatic N) is 6. The Bertz CT molecular complexity index is 990. The van der Waals surface area contributed by atoms with Crippen LogP contribution in [0.2, 0.25) is 0 Å². The van der Waals surface area contributed by atoms with E-state index < -0.39 is 0 Å². The molecule has 5 rings (SSSR count). The first-order valence-electron chi connectivity index (χ1n) is 10.1. The SMILES string of the molecule is O=C1CCCN1C[C@H]1CCCN(c2nc3nonc3nc2NCc2cccs2)C1. The van der Waals surface area contributed by atoms with Crippen molar-refractivity contribution in [2.45, 2.75) is 32.2 Å². The van der Waals surface area contributed by atoms with Gasteiger partial charge in [-0.3, -0.25) is 4.79 Å². The van der Waals surface area contributed by atoms with E-state index in [1.165, 1.54) is 4.88 Å². The van der Waals surface area contributed by atoms with Crippen molar-refractivity contribution in [3.63, 3.8) is 0 Å². The van der Waals surface area contributed by atoms with Gasteiger partial charge >= 0.3 is 0 Å². The average molecular weight is 414 g/mol. The van der Waals surface area contributed by atoms with E-state index in [-0.39, 0.29) is 5.91 Å². The minimum atomic E-state index is 0.287. The van der Waals surface area contributed by atoms with Crippen LogP contribution in [0.5, 0.6) is 0 Å². The molecule has 0 bridgehead atoms. The molecule has 2 aliphatic rings. The highest BCUT2D eigenvalue weighted by Gasteiger charge is 2.29. The van der Waals surface area contributed by atoms with Gasteiger partial charge < -0.3 is 15.1 Å². The van der Waals surface area contributed by atoms with E-state index in [1.807, 2.05) is 11.0 Å². The Labute approximate surface area is 172 Å². The fourth-order valence-electron chi connectivity index (χ4n) is 4.17. The minimum absolute atomic E-state index is 0.287. The zero-order chi connectivity index (χ0) is 19.6. The molecule has 0 aliphatic carbocycles. The van der Waals surface area contributed by atoms with Crippen molar-refractivity contribution in [2.24, 2.45) is 5.92 Å². The molecule has 5 heterocycles. The lowest BCUT2D eigenvalue weighted by Crippen LogP contribution is -2.42. The van der Waals surface area contributed by atoms with Crippen LogP contribution in [0.1, 0.15) is 30.6 Å². The Kier molecular flexibility index (Phi) is 5.01. The van der Waals surface area contributed by atoms with Crippen LogP contribution in [-0.4, -0.2) is 57.3 Å². The number of carbonyl (C=O) groups is 1. The number of hydrogen-bond acceptors (Lipinski definition) is 9. The summed E-state index contributed by atoms with van der Waals surface area (Å²) in [7, 11) is 0. The molecule has 3 aromatic rings. The number of rotatable bonds is 6. The number of hydrogen-bond donors (Lipinski definition) is 1. The lowest BCUT2D eigenvalue weighted by Gasteiger charge is -2.35. The number of carbonyl (C=O) groups excluding carboxylic acids is 1. The third-order valence-electron chi connectivity index (χ3n) is 5.57. The molecule has 2 saturated heterocycles. The summed E-state index contributed by atoms with van der Waals surface area (Å²) >= 11 is 1.70. The van der Waals surface area contributed by atoms with Gasteiger partial charge in [0.2, 0.25) is 17.2 Å². The van der Waals surface area contributed by atoms with E-state index in [0.29, 0.717) is 36.0 Å². The highest BCUT2D eigenvalue weighted by atomic mass is 32.1. The fraction of sp³-hybridized carbons (Fsp3) is 0.526. The van der Waals surface area contributed by atoms with Crippen LogP contribution < -0.4 is 10.2 Å². The summed E-state index contributed by atoms with van der Waals surface area (Å²) in [5, 5.41) is 13.2. The van der Waals surface area contributed by atoms with Gasteiger partial charge in [-0.25, -0.2) is 14.6 Å². The molecule has 0 spiro atoms. The molecule has 1 amide bonds. The number of anilines is 2. The van der Waals surface area contributed by atoms with E-state index in [9.17, 15) is 4.79 Å². The molecule has 1 N–H and O–H groups in total. The second kappa shape index (κ2) is 7.94. The lowest BCUT2D eigenvalue weighted by molar-refractivity contribution is -0.128. The van der Waals surface area contributed by atoms with Gasteiger partial charge in [0.1, 0.15) is 0 Å². The van der Waals surface area contributed by atoms with E-state index in [4.69, 9.17) is 9.61 Å². The summed E-state index contributed by atoms with van der Waals surface area (Å²) in [4.78, 5) is 26.8. The van der Waals surface area contributed by atoms with E-state index >= 15 is 0 Å². The van der Waals surface area contributed by atoms with E-state index in [0.717, 1.165) is 51.3 Å². The zero-order valence-corrected chi connectivity index (χ0v) is 16.9. The lowest BCUT2D eigenvalue weighted by atomic mass is 9.97. The third kappa shape index (κ3) is 3.89. The smallest absolute Gasteiger partial charge is 0.245 e. The maximum Gasteiger partial charge on any atom is 0.245 e. The number of thiophene rings is 1. The summed E-state index contributed by atoms with van der Waals surface area (Å²) in [6.07, 6.45) is 3.86. The summed E-state index contributed by atoms with van der Waals surface area (Å²) in [5.74, 6) is 2.20. The van der Waals surface area contributed by atoms with Crippen molar-refractivity contribution in [2.75, 3.05) is 36.4 Å². The molecule has 0 radical (unpaired) electrons. The highest BCUT2D eigenvalue weighted by Crippen LogP contribution is 2.30. The third-order valence-corrected chi connectivity index (χ3v) is 6.45. The quantitative estimate of drug-likeness (QED) is 0.658. The first-order chi connectivity index (χ1) is 14.3. The number of nitrogens with one attached hydrogen (secondary N) is 1. The van der Waals surface area contributed by atoms with Crippen LogP contribution in [0.3, 0.4) is 0 Å². The van der Waals surface area contributed by atoms with Gasteiger partial charge in [-0.1, -0.05) is 6.07 Å². The van der Waals surface area contributed by atoms with Gasteiger partial charge in [-0.2, -0.15) is 0 Å². The molecule has 3 aromatic heterocycles. The molecule has 1 atom stereocenters. The monoisotopic (exact) mass is 413 g/mol. The Morgan fingerprint density at radius 3 is 2.90 bits per heavy atom. The van der Waals surface area contributed by atoms with Gasteiger partial charge in [-0.05, 0) is 46.9 Å². The van der Waals surface area contributed by atoms with Crippen LogP contribution in [0, 0.1) is 5.92 Å². The molecule has 0 saturated carbocycles. The second-order valence-corrected chi connectivity index (χ2v) is 8.67. The molecule has 152 valence electrons. The van der Waals surface area contributed by atoms with Crippen molar-refractivity contribution in [1.29, 1.82) is 0 Å². The zero-order valence-electron chi connectivity index (χ0n) is 16.1. The maximum atomic E-state index is 12.0. The van der Waals surface area contributed by atoms with E-state index in [2.05, 4.69) is 37.0 Å². The van der Waals surface area contributed by atoms with E-state index in [1.54, 1.807) is 11.3 Å². The highest BCUT2D eigenvalue weighted by molar-refractivity contribution is 7.09. The number of amides is 1. The molecular formula is C19H23N7O2S. The Morgan fingerprint density at radius 1 is 1.21 bits per heavy atom. The minimum Gasteiger partial charge on any atom is -0.362 e. The number of piperidine rings is 1. The van der Waals surface area contributed by atoms with Crippen molar-refractivity contribution in [1.82, 2.24) is 25.2 Å². The number of aromatic nitrogens is 4. The summed E-state index contributed by atoms with van der Waals surface area (Å²) in [6, 6.07) is 4.12. The number of fused-ring (bicyclic) bond motifs is 1. The van der Waals surface area contributed by atoms with Crippen molar-refractivity contribution in [3.05, 3.63) is 22.4 Å². The van der Waals surface area contributed by atoms with Crippen molar-refractivity contribution in [3.8, 4) is 0 Å². The fourth-order valence-corrected chi connectivity index (χ4v) is 4.81. The van der Waals surface area contributed by atoms with Crippen LogP contribution in [0.25, 0.3) is 11.3 Å². The first kappa shape index (κ1) is 18.3. The predicted molar refractivity (Wildman–Crippen MR) is 110 cm³/mol. The van der Waals surface area contributed by atoms with Gasteiger partial charge in [-0.15, -0.1) is 11.3 Å². The molecule has 0 aromatic carbocycles. The van der Waals surface area contributed by atoms with Gasteiger partial charge in [0.05, 0.1) is 6.54 Å². The second-order valence-electron chi connectivity index (χ2n) is 7.64. The summed E-state index contributed by atoms with van der Waals surface area (Å²) in [6.45, 7) is 4.15. The first-order valence-corrected chi connectivity index (χ1v) is 10.9. The standard InChI is InChI=1S/C19H23N7O2S/c27-15-6-2-7-25(15)11-13-4-1-8-26(12-13)19-18(20-10-14-5-3-9-29-14)21-16-17(22-19)24-28-23-16/h3,5,9,13H,1-2,4,6-8,10-12H2,(H,20,21,23)/t13-/m1/s1. The maximum absolute atomic E-state index is 12.0. The Morgan fingerprint density at radius 2 is 2.10 bits per heavy atom. The van der Waals surface area contributed by atoms with Crippen LogP contribution >= 0.6 is 11.3 Å². The molecule has 9 nitrogen and oxygen atoms in total. The Hall–Kier alpha value is -2.75. The Balaban J connectivity index is 1.37. The topological polar surface area (TPSA) is 100 Å². The largest absolute Gasteiger partial charge is 0.362 e. The van der Waals surface area contributed by atoms with Gasteiger partial charge in [0.15, 0.2) is 11.6 Å². The molecule has 2 fully saturated rings. The van der Waals surface area contributed by atoms with Crippen LogP contribution in [0.15, 0.2) is 22.1 Å². The molecule has 29 heavy (non-hydrogen) atoms. The number of likely N-dealkylation sites (tertiary alicyclic amines) is 1.